The van der Waals surface area contributed by atoms with Crippen LogP contribution in [0.4, 0.5) is 32.2 Å². The van der Waals surface area contributed by atoms with Gasteiger partial charge in [0, 0.05) is 7.11 Å². The number of amides is 1. The van der Waals surface area contributed by atoms with Crippen molar-refractivity contribution in [1.82, 2.24) is 9.78 Å². The fraction of sp³-hybridized carbons (Fsp3) is 0.190. The van der Waals surface area contributed by atoms with Crippen molar-refractivity contribution in [3.63, 3.8) is 0 Å². The van der Waals surface area contributed by atoms with Gasteiger partial charge < -0.3 is 10.1 Å². The molecule has 0 aliphatic carbocycles. The number of hydrogen-bond acceptors (Lipinski definition) is 5. The second-order valence-corrected chi connectivity index (χ2v) is 8.79. The molecule has 0 spiro atoms. The normalized spacial score (nSPS) is 12.8. The van der Waals surface area contributed by atoms with E-state index in [0.29, 0.717) is 22.4 Å². The van der Waals surface area contributed by atoms with Crippen molar-refractivity contribution in [1.29, 1.82) is 5.26 Å². The Hall–Kier alpha value is -2.92. The number of methoxy groups -OCH3 is 1. The zero-order valence-electron chi connectivity index (χ0n) is 17.7. The van der Waals surface area contributed by atoms with Crippen molar-refractivity contribution in [2.45, 2.75) is 22.7 Å². The van der Waals surface area contributed by atoms with Crippen molar-refractivity contribution < 1.29 is 35.9 Å². The molecule has 1 N–H and O–H groups in total. The van der Waals surface area contributed by atoms with Gasteiger partial charge in [0.25, 0.3) is 5.91 Å². The van der Waals surface area contributed by atoms with Gasteiger partial charge in [-0.15, -0.1) is 0 Å². The summed E-state index contributed by atoms with van der Waals surface area (Å²) in [5.74, 6) is -1.65. The first-order valence-corrected chi connectivity index (χ1v) is 11.1. The van der Waals surface area contributed by atoms with E-state index in [2.05, 4.69) is 10.4 Å². The third-order valence-electron chi connectivity index (χ3n) is 4.54. The molecule has 1 amide bonds. The Balaban J connectivity index is 2.21. The van der Waals surface area contributed by atoms with Crippen LogP contribution in [0.1, 0.15) is 22.9 Å². The number of carbonyl (C=O) groups is 1. The monoisotopic (exact) mass is 568 g/mol. The summed E-state index contributed by atoms with van der Waals surface area (Å²) in [6.45, 7) is 0. The average molecular weight is 569 g/mol. The molecular weight excluding hydrogens is 557 g/mol. The lowest BCUT2D eigenvalue weighted by molar-refractivity contribution is -0.137. The maximum absolute atomic E-state index is 13.3. The number of anilines is 1. The second-order valence-electron chi connectivity index (χ2n) is 6.90. The van der Waals surface area contributed by atoms with Crippen molar-refractivity contribution in [2.75, 3.05) is 12.4 Å². The van der Waals surface area contributed by atoms with Crippen molar-refractivity contribution >= 4 is 46.7 Å². The summed E-state index contributed by atoms with van der Waals surface area (Å²) in [5, 5.41) is 14.1. The van der Waals surface area contributed by atoms with Crippen molar-refractivity contribution in [3.8, 4) is 11.8 Å². The molecule has 0 aliphatic heterocycles. The smallest absolute Gasteiger partial charge is 0.367 e. The first-order valence-electron chi connectivity index (χ1n) is 9.51. The number of aromatic nitrogens is 2. The molecule has 3 rings (SSSR count). The number of ether oxygens (including phenoxy) is 1. The average Bonchev–Trinajstić information content (AvgIpc) is 3.09. The summed E-state index contributed by atoms with van der Waals surface area (Å²) in [6, 6.07) is 10.4. The summed E-state index contributed by atoms with van der Waals surface area (Å²) < 4.78 is 85.2. The highest BCUT2D eigenvalue weighted by molar-refractivity contribution is 8.00. The molecule has 1 unspecified atom stereocenters. The topological polar surface area (TPSA) is 79.9 Å². The summed E-state index contributed by atoms with van der Waals surface area (Å²) >= 11 is 11.3. The fourth-order valence-corrected chi connectivity index (χ4v) is 4.39. The van der Waals surface area contributed by atoms with Gasteiger partial charge in [-0.3, -0.25) is 4.79 Å². The first kappa shape index (κ1) is 27.7. The Morgan fingerprint density at radius 2 is 1.72 bits per heavy atom. The Kier molecular flexibility index (Phi) is 8.14. The molecule has 0 saturated carbocycles. The van der Waals surface area contributed by atoms with Crippen LogP contribution in [-0.4, -0.2) is 28.3 Å². The van der Waals surface area contributed by atoms with Crippen molar-refractivity contribution in [2.24, 2.45) is 0 Å². The van der Waals surface area contributed by atoms with Crippen LogP contribution in [0.15, 0.2) is 47.4 Å². The van der Waals surface area contributed by atoms with Gasteiger partial charge in [0.1, 0.15) is 11.8 Å². The number of nitriles is 1. The zero-order chi connectivity index (χ0) is 26.8. The quantitative estimate of drug-likeness (QED) is 0.255. The largest absolute Gasteiger partial charge is 0.446 e. The Morgan fingerprint density at radius 3 is 2.19 bits per heavy atom. The molecule has 0 fully saturated rings. The molecule has 6 nitrogen and oxygen atoms in total. The van der Waals surface area contributed by atoms with Crippen LogP contribution in [-0.2, 0) is 15.7 Å². The van der Waals surface area contributed by atoms with Crippen LogP contribution >= 0.6 is 35.0 Å². The van der Waals surface area contributed by atoms with E-state index in [1.165, 1.54) is 25.3 Å². The van der Waals surface area contributed by atoms with Gasteiger partial charge in [-0.25, -0.2) is 4.68 Å². The predicted octanol–water partition coefficient (Wildman–Crippen LogP) is 7.01. The van der Waals surface area contributed by atoms with Crippen LogP contribution in [0.3, 0.4) is 0 Å². The highest BCUT2D eigenvalue weighted by Gasteiger charge is 2.37. The van der Waals surface area contributed by atoms with E-state index in [1.807, 2.05) is 0 Å². The number of rotatable bonds is 6. The number of hydrogen-bond donors (Lipinski definition) is 1. The van der Waals surface area contributed by atoms with Gasteiger partial charge >= 0.3 is 11.7 Å². The lowest BCUT2D eigenvalue weighted by Crippen LogP contribution is -2.24. The van der Waals surface area contributed by atoms with Crippen molar-refractivity contribution in [3.05, 3.63) is 69.3 Å². The molecule has 36 heavy (non-hydrogen) atoms. The lowest BCUT2D eigenvalue weighted by atomic mass is 10.1. The van der Waals surface area contributed by atoms with E-state index in [0.717, 1.165) is 0 Å². The van der Waals surface area contributed by atoms with Gasteiger partial charge in [0.15, 0.2) is 17.6 Å². The van der Waals surface area contributed by atoms with E-state index in [4.69, 9.17) is 27.9 Å². The van der Waals surface area contributed by atoms with Gasteiger partial charge in [-0.2, -0.15) is 36.7 Å². The van der Waals surface area contributed by atoms with E-state index < -0.39 is 73.2 Å². The molecule has 1 heterocycles. The Labute approximate surface area is 213 Å². The molecule has 1 aromatic heterocycles. The first-order chi connectivity index (χ1) is 16.8. The predicted molar refractivity (Wildman–Crippen MR) is 120 cm³/mol. The molecule has 3 aromatic rings. The molecule has 190 valence electrons. The number of carbonyl (C=O) groups excluding carboxylic acids is 1. The van der Waals surface area contributed by atoms with E-state index >= 15 is 0 Å². The van der Waals surface area contributed by atoms with E-state index in [-0.39, 0.29) is 0 Å². The highest BCUT2D eigenvalue weighted by atomic mass is 35.5. The SMILES string of the molecule is COC(C(=O)Nc1c(SC(F)(F)F)c(C#N)nn1-c1c(Cl)cc(C(F)(F)F)cc1Cl)c1ccccc1. The second kappa shape index (κ2) is 10.6. The third kappa shape index (κ3) is 6.07. The van der Waals surface area contributed by atoms with Gasteiger partial charge in [0.05, 0.1) is 20.5 Å². The number of halogens is 8. The maximum Gasteiger partial charge on any atom is 0.446 e. The van der Waals surface area contributed by atoms with Gasteiger partial charge in [-0.05, 0) is 29.5 Å². The fourth-order valence-electron chi connectivity index (χ4n) is 3.10. The van der Waals surface area contributed by atoms with Crippen LogP contribution in [0.25, 0.3) is 5.69 Å². The number of nitrogens with zero attached hydrogens (tertiary/aromatic N) is 3. The number of alkyl halides is 6. The Morgan fingerprint density at radius 1 is 1.14 bits per heavy atom. The molecule has 0 bridgehead atoms. The van der Waals surface area contributed by atoms with Crippen LogP contribution < -0.4 is 5.32 Å². The Bertz CT molecular complexity index is 1300. The molecule has 0 radical (unpaired) electrons. The number of thioether (sulfide) groups is 1. The maximum atomic E-state index is 13.3. The van der Waals surface area contributed by atoms with Crippen LogP contribution in [0.2, 0.25) is 10.0 Å². The molecule has 2 aromatic carbocycles. The molecule has 1 atom stereocenters. The molecule has 0 aliphatic rings. The molecule has 0 saturated heterocycles. The van der Waals surface area contributed by atoms with Crippen LogP contribution in [0.5, 0.6) is 0 Å². The van der Waals surface area contributed by atoms with E-state index in [9.17, 15) is 36.4 Å². The summed E-state index contributed by atoms with van der Waals surface area (Å²) in [7, 11) is 1.18. The minimum atomic E-state index is -4.92. The minimum absolute atomic E-state index is 0.347. The number of nitrogens with one attached hydrogen (secondary N) is 1. The van der Waals surface area contributed by atoms with Crippen LogP contribution in [0, 0.1) is 11.3 Å². The van der Waals surface area contributed by atoms with E-state index in [1.54, 1.807) is 18.2 Å². The number of benzene rings is 2. The third-order valence-corrected chi connectivity index (χ3v) is 5.94. The molecular formula is C21H12Cl2F6N4O2S. The molecule has 15 heteroatoms. The minimum Gasteiger partial charge on any atom is -0.367 e. The lowest BCUT2D eigenvalue weighted by Gasteiger charge is -2.19. The summed E-state index contributed by atoms with van der Waals surface area (Å²) in [5.41, 5.74) is -7.07. The summed E-state index contributed by atoms with van der Waals surface area (Å²) in [4.78, 5) is 12.2. The van der Waals surface area contributed by atoms with Gasteiger partial charge in [0.2, 0.25) is 0 Å². The standard InChI is InChI=1S/C21H12Cl2F6N4O2S/c1-35-16(10-5-3-2-4-6-10)19(34)31-18-17(36-21(27,28)29)14(9-30)32-33(18)15-12(22)7-11(8-13(15)23)20(24,25)26/h2-8,16H,1H3,(H,31,34). The zero-order valence-corrected chi connectivity index (χ0v) is 20.0. The highest BCUT2D eigenvalue weighted by Crippen LogP contribution is 2.45. The van der Waals surface area contributed by atoms with Gasteiger partial charge in [-0.1, -0.05) is 53.5 Å². The summed E-state index contributed by atoms with van der Waals surface area (Å²) in [6.07, 6.45) is -6.13.